The van der Waals surface area contributed by atoms with Crippen molar-refractivity contribution in [2.45, 2.75) is 33.2 Å². The van der Waals surface area contributed by atoms with E-state index in [1.54, 1.807) is 6.92 Å². The fraction of sp³-hybridized carbons (Fsp3) is 0.636. The van der Waals surface area contributed by atoms with Gasteiger partial charge in [-0.1, -0.05) is 20.4 Å². The summed E-state index contributed by atoms with van der Waals surface area (Å²) >= 11 is 0. The van der Waals surface area contributed by atoms with Crippen LogP contribution in [0.1, 0.15) is 27.2 Å². The van der Waals surface area contributed by atoms with Crippen molar-refractivity contribution in [3.05, 3.63) is 18.4 Å². The molecule has 0 bridgehead atoms. The second-order valence-corrected chi connectivity index (χ2v) is 3.36. The second-order valence-electron chi connectivity index (χ2n) is 3.36. The minimum absolute atomic E-state index is 0.0864. The summed E-state index contributed by atoms with van der Waals surface area (Å²) in [6.07, 6.45) is 2.19. The van der Waals surface area contributed by atoms with Gasteiger partial charge in [0.1, 0.15) is 0 Å². The Labute approximate surface area is 85.8 Å². The lowest BCUT2D eigenvalue weighted by Crippen LogP contribution is -2.38. The molecular weight excluding hydrogens is 178 g/mol. The zero-order valence-electron chi connectivity index (χ0n) is 9.17. The van der Waals surface area contributed by atoms with Crippen molar-refractivity contribution in [3.63, 3.8) is 0 Å². The standard InChI is InChI=1S/C11H19NO2/c1-5-7-8-10(9(3)4)12-11(13)14-6-2/h7,9-10H,1,6,8H2,2-4H3,(H,12,13)/t10-/m1/s1. The summed E-state index contributed by atoms with van der Waals surface area (Å²) in [5.41, 5.74) is 2.69. The van der Waals surface area contributed by atoms with Gasteiger partial charge in [-0.25, -0.2) is 4.79 Å². The average molecular weight is 197 g/mol. The molecule has 3 nitrogen and oxygen atoms in total. The predicted octanol–water partition coefficient (Wildman–Crippen LogP) is 2.49. The van der Waals surface area contributed by atoms with Crippen LogP contribution in [0.2, 0.25) is 0 Å². The van der Waals surface area contributed by atoms with Crippen molar-refractivity contribution in [1.82, 2.24) is 5.32 Å². The van der Waals surface area contributed by atoms with E-state index in [9.17, 15) is 4.79 Å². The first kappa shape index (κ1) is 12.8. The average Bonchev–Trinajstić information content (AvgIpc) is 2.12. The summed E-state index contributed by atoms with van der Waals surface area (Å²) in [7, 11) is 0. The second kappa shape index (κ2) is 7.22. The molecule has 0 aliphatic carbocycles. The minimum atomic E-state index is -0.358. The molecule has 0 aromatic carbocycles. The van der Waals surface area contributed by atoms with Gasteiger partial charge < -0.3 is 10.1 Å². The van der Waals surface area contributed by atoms with E-state index in [2.05, 4.69) is 17.6 Å². The zero-order valence-corrected chi connectivity index (χ0v) is 9.17. The molecule has 1 amide bonds. The molecule has 0 rings (SSSR count). The first-order chi connectivity index (χ1) is 6.61. The molecule has 80 valence electrons. The Morgan fingerprint density at radius 1 is 1.64 bits per heavy atom. The fourth-order valence-corrected chi connectivity index (χ4v) is 1.03. The third-order valence-electron chi connectivity index (χ3n) is 1.90. The summed E-state index contributed by atoms with van der Waals surface area (Å²) < 4.78 is 4.80. The van der Waals surface area contributed by atoms with Crippen molar-refractivity contribution >= 4 is 6.09 Å². The molecule has 0 aromatic heterocycles. The lowest BCUT2D eigenvalue weighted by Gasteiger charge is -2.20. The zero-order chi connectivity index (χ0) is 11.0. The van der Waals surface area contributed by atoms with Crippen molar-refractivity contribution < 1.29 is 9.53 Å². The first-order valence-corrected chi connectivity index (χ1v) is 4.89. The maximum atomic E-state index is 11.1. The molecule has 0 fully saturated rings. The van der Waals surface area contributed by atoms with E-state index >= 15 is 0 Å². The summed E-state index contributed by atoms with van der Waals surface area (Å²) in [4.78, 5) is 11.1. The summed E-state index contributed by atoms with van der Waals surface area (Å²) in [6, 6.07) is 0.0864. The molecule has 0 spiro atoms. The van der Waals surface area contributed by atoms with Crippen LogP contribution in [-0.4, -0.2) is 18.7 Å². The molecule has 14 heavy (non-hydrogen) atoms. The number of hydrogen-bond acceptors (Lipinski definition) is 2. The molecule has 0 radical (unpaired) electrons. The normalized spacial score (nSPS) is 11.7. The molecule has 0 aromatic rings. The topological polar surface area (TPSA) is 38.3 Å². The SMILES string of the molecule is C=C=CC[C@@H](NC(=O)OCC)C(C)C. The van der Waals surface area contributed by atoms with Crippen LogP contribution in [0.3, 0.4) is 0 Å². The van der Waals surface area contributed by atoms with Crippen LogP contribution >= 0.6 is 0 Å². The van der Waals surface area contributed by atoms with Gasteiger partial charge in [0.05, 0.1) is 6.61 Å². The van der Waals surface area contributed by atoms with Gasteiger partial charge in [-0.15, -0.1) is 5.73 Å². The lowest BCUT2D eigenvalue weighted by molar-refractivity contribution is 0.145. The Morgan fingerprint density at radius 3 is 2.71 bits per heavy atom. The quantitative estimate of drug-likeness (QED) is 0.688. The Morgan fingerprint density at radius 2 is 2.29 bits per heavy atom. The van der Waals surface area contributed by atoms with Crippen molar-refractivity contribution in [3.8, 4) is 0 Å². The van der Waals surface area contributed by atoms with Crippen LogP contribution < -0.4 is 5.32 Å². The molecule has 3 heteroatoms. The van der Waals surface area contributed by atoms with Crippen LogP contribution in [0.25, 0.3) is 0 Å². The van der Waals surface area contributed by atoms with Crippen LogP contribution in [0, 0.1) is 5.92 Å². The highest BCUT2D eigenvalue weighted by Gasteiger charge is 2.14. The van der Waals surface area contributed by atoms with Crippen LogP contribution in [0.15, 0.2) is 18.4 Å². The van der Waals surface area contributed by atoms with Gasteiger partial charge in [0.2, 0.25) is 0 Å². The van der Waals surface area contributed by atoms with E-state index < -0.39 is 0 Å². The molecule has 1 N–H and O–H groups in total. The van der Waals surface area contributed by atoms with Gasteiger partial charge in [-0.3, -0.25) is 0 Å². The van der Waals surface area contributed by atoms with Gasteiger partial charge in [-0.05, 0) is 25.3 Å². The molecule has 0 saturated heterocycles. The fourth-order valence-electron chi connectivity index (χ4n) is 1.03. The van der Waals surface area contributed by atoms with E-state index in [1.807, 2.05) is 19.9 Å². The van der Waals surface area contributed by atoms with Crippen molar-refractivity contribution in [2.24, 2.45) is 5.92 Å². The minimum Gasteiger partial charge on any atom is -0.450 e. The Kier molecular flexibility index (Phi) is 6.59. The number of rotatable bonds is 5. The summed E-state index contributed by atoms with van der Waals surface area (Å²) in [6.45, 7) is 9.76. The maximum absolute atomic E-state index is 11.1. The molecule has 0 aliphatic heterocycles. The highest BCUT2D eigenvalue weighted by atomic mass is 16.5. The van der Waals surface area contributed by atoms with Gasteiger partial charge in [0.15, 0.2) is 0 Å². The number of ether oxygens (including phenoxy) is 1. The van der Waals surface area contributed by atoms with Gasteiger partial charge in [0, 0.05) is 6.04 Å². The van der Waals surface area contributed by atoms with Gasteiger partial charge in [0.25, 0.3) is 0 Å². The summed E-state index contributed by atoms with van der Waals surface area (Å²) in [5, 5.41) is 2.79. The van der Waals surface area contributed by atoms with Crippen LogP contribution in [0.5, 0.6) is 0 Å². The monoisotopic (exact) mass is 197 g/mol. The molecular formula is C11H19NO2. The molecule has 1 atom stereocenters. The number of carbonyl (C=O) groups is 1. The number of nitrogens with one attached hydrogen (secondary N) is 1. The van der Waals surface area contributed by atoms with E-state index in [1.165, 1.54) is 0 Å². The largest absolute Gasteiger partial charge is 0.450 e. The molecule has 0 aliphatic rings. The van der Waals surface area contributed by atoms with E-state index in [4.69, 9.17) is 4.74 Å². The number of alkyl carbamates (subject to hydrolysis) is 1. The maximum Gasteiger partial charge on any atom is 0.407 e. The van der Waals surface area contributed by atoms with Crippen LogP contribution in [0.4, 0.5) is 4.79 Å². The number of amides is 1. The third kappa shape index (κ3) is 5.44. The first-order valence-electron chi connectivity index (χ1n) is 4.89. The predicted molar refractivity (Wildman–Crippen MR) is 57.1 cm³/mol. The van der Waals surface area contributed by atoms with E-state index in [0.717, 1.165) is 6.42 Å². The van der Waals surface area contributed by atoms with Crippen molar-refractivity contribution in [2.75, 3.05) is 6.61 Å². The molecule has 0 heterocycles. The molecule has 0 unspecified atom stereocenters. The van der Waals surface area contributed by atoms with Crippen LogP contribution in [-0.2, 0) is 4.74 Å². The van der Waals surface area contributed by atoms with E-state index in [-0.39, 0.29) is 12.1 Å². The van der Waals surface area contributed by atoms with Gasteiger partial charge >= 0.3 is 6.09 Å². The highest BCUT2D eigenvalue weighted by molar-refractivity contribution is 5.67. The Balaban J connectivity index is 4.08. The Bertz CT molecular complexity index is 217. The Hall–Kier alpha value is -1.21. The summed E-state index contributed by atoms with van der Waals surface area (Å²) in [5.74, 6) is 0.365. The lowest BCUT2D eigenvalue weighted by atomic mass is 10.0. The van der Waals surface area contributed by atoms with Gasteiger partial charge in [-0.2, -0.15) is 0 Å². The third-order valence-corrected chi connectivity index (χ3v) is 1.90. The smallest absolute Gasteiger partial charge is 0.407 e. The van der Waals surface area contributed by atoms with Crippen molar-refractivity contribution in [1.29, 1.82) is 0 Å². The van der Waals surface area contributed by atoms with E-state index in [0.29, 0.717) is 12.5 Å². The molecule has 0 saturated carbocycles. The number of carbonyl (C=O) groups excluding carboxylic acids is 1. The number of hydrogen-bond donors (Lipinski definition) is 1. The highest BCUT2D eigenvalue weighted by Crippen LogP contribution is 2.06.